The van der Waals surface area contributed by atoms with Gasteiger partial charge >= 0.3 is 5.97 Å². The molecule has 0 bridgehead atoms. The molecule has 30 heavy (non-hydrogen) atoms. The number of carboxylic acids is 1. The molecule has 1 aliphatic rings. The summed E-state index contributed by atoms with van der Waals surface area (Å²) in [6, 6.07) is 15.0. The van der Waals surface area contributed by atoms with Gasteiger partial charge in [-0.2, -0.15) is 0 Å². The number of aliphatic hydroxyl groups excluding tert-OH is 1. The van der Waals surface area contributed by atoms with Crippen molar-refractivity contribution in [2.45, 2.75) is 31.9 Å². The molecule has 1 atom stereocenters. The number of fused-ring (bicyclic) bond motifs is 1. The van der Waals surface area contributed by atoms with Crippen molar-refractivity contribution in [2.24, 2.45) is 0 Å². The number of ether oxygens (including phenoxy) is 1. The van der Waals surface area contributed by atoms with E-state index in [1.54, 1.807) is 31.2 Å². The standard InChI is InChI=1S/C24H28N2O4/c1-17(27)26-16-21(19-6-2-4-8-22(19)26)18-10-12-25(13-11-18)14-15-30-23-9-5-3-7-20(23)24(28)29/h2-9,16-18,27H,10-15H2,1H3,(H,28,29). The Morgan fingerprint density at radius 2 is 1.83 bits per heavy atom. The lowest BCUT2D eigenvalue weighted by Crippen LogP contribution is -2.35. The molecule has 2 N–H and O–H groups in total. The number of carbonyl (C=O) groups is 1. The average molecular weight is 408 g/mol. The van der Waals surface area contributed by atoms with Crippen molar-refractivity contribution in [3.8, 4) is 5.75 Å². The normalized spacial score (nSPS) is 16.6. The average Bonchev–Trinajstić information content (AvgIpc) is 3.15. The number of hydrogen-bond donors (Lipinski definition) is 2. The Balaban J connectivity index is 1.35. The zero-order valence-corrected chi connectivity index (χ0v) is 17.2. The maximum Gasteiger partial charge on any atom is 0.339 e. The van der Waals surface area contributed by atoms with Crippen LogP contribution >= 0.6 is 0 Å². The van der Waals surface area contributed by atoms with Crippen molar-refractivity contribution < 1.29 is 19.7 Å². The van der Waals surface area contributed by atoms with Gasteiger partial charge in [0.2, 0.25) is 0 Å². The molecule has 6 nitrogen and oxygen atoms in total. The highest BCUT2D eigenvalue weighted by atomic mass is 16.5. The van der Waals surface area contributed by atoms with Gasteiger partial charge in [0.15, 0.2) is 0 Å². The summed E-state index contributed by atoms with van der Waals surface area (Å²) in [5, 5.41) is 20.6. The molecule has 3 aromatic rings. The van der Waals surface area contributed by atoms with E-state index >= 15 is 0 Å². The highest BCUT2D eigenvalue weighted by molar-refractivity contribution is 5.90. The zero-order valence-electron chi connectivity index (χ0n) is 17.2. The number of likely N-dealkylation sites (tertiary alicyclic amines) is 1. The first-order chi connectivity index (χ1) is 14.5. The molecule has 1 fully saturated rings. The van der Waals surface area contributed by atoms with Crippen molar-refractivity contribution in [2.75, 3.05) is 26.2 Å². The second-order valence-corrected chi connectivity index (χ2v) is 7.91. The third-order valence-corrected chi connectivity index (χ3v) is 5.98. The number of aromatic carboxylic acids is 1. The highest BCUT2D eigenvalue weighted by Gasteiger charge is 2.24. The lowest BCUT2D eigenvalue weighted by Gasteiger charge is -2.31. The molecule has 0 saturated carbocycles. The Morgan fingerprint density at radius 1 is 1.13 bits per heavy atom. The monoisotopic (exact) mass is 408 g/mol. The Labute approximate surface area is 176 Å². The molecule has 2 aromatic carbocycles. The van der Waals surface area contributed by atoms with Gasteiger partial charge in [-0.05, 0) is 62.5 Å². The molecule has 0 aliphatic carbocycles. The van der Waals surface area contributed by atoms with Gasteiger partial charge in [-0.15, -0.1) is 0 Å². The predicted molar refractivity (Wildman–Crippen MR) is 116 cm³/mol. The molecule has 0 radical (unpaired) electrons. The van der Waals surface area contributed by atoms with E-state index < -0.39 is 12.2 Å². The number of piperidine rings is 1. The quantitative estimate of drug-likeness (QED) is 0.615. The first kappa shape index (κ1) is 20.4. The second kappa shape index (κ2) is 8.90. The lowest BCUT2D eigenvalue weighted by molar-refractivity contribution is 0.0691. The molecule has 158 valence electrons. The summed E-state index contributed by atoms with van der Waals surface area (Å²) in [5.41, 5.74) is 2.60. The number of para-hydroxylation sites is 2. The van der Waals surface area contributed by atoms with Crippen LogP contribution in [0.5, 0.6) is 5.75 Å². The molecule has 2 heterocycles. The summed E-state index contributed by atoms with van der Waals surface area (Å²) < 4.78 is 7.70. The number of rotatable bonds is 7. The maximum absolute atomic E-state index is 11.3. The summed E-state index contributed by atoms with van der Waals surface area (Å²) in [5.74, 6) is -0.0756. The van der Waals surface area contributed by atoms with Crippen LogP contribution in [-0.4, -0.2) is 51.9 Å². The van der Waals surface area contributed by atoms with E-state index in [1.165, 1.54) is 10.9 Å². The molecule has 4 rings (SSSR count). The molecule has 1 saturated heterocycles. The van der Waals surface area contributed by atoms with E-state index in [1.807, 2.05) is 10.6 Å². The van der Waals surface area contributed by atoms with E-state index in [0.29, 0.717) is 18.3 Å². The Hall–Kier alpha value is -2.83. The molecular formula is C24H28N2O4. The van der Waals surface area contributed by atoms with Crippen LogP contribution in [0.15, 0.2) is 54.7 Å². The highest BCUT2D eigenvalue weighted by Crippen LogP contribution is 2.35. The van der Waals surface area contributed by atoms with Gasteiger partial charge < -0.3 is 19.5 Å². The summed E-state index contributed by atoms with van der Waals surface area (Å²) in [4.78, 5) is 13.7. The molecule has 6 heteroatoms. The van der Waals surface area contributed by atoms with Gasteiger partial charge in [0, 0.05) is 18.1 Å². The maximum atomic E-state index is 11.3. The topological polar surface area (TPSA) is 74.9 Å². The van der Waals surface area contributed by atoms with Crippen molar-refractivity contribution in [1.82, 2.24) is 9.47 Å². The Bertz CT molecular complexity index is 1020. The number of aliphatic hydroxyl groups is 1. The molecule has 0 amide bonds. The van der Waals surface area contributed by atoms with Crippen LogP contribution in [0, 0.1) is 0 Å². The minimum Gasteiger partial charge on any atom is -0.491 e. The first-order valence-corrected chi connectivity index (χ1v) is 10.5. The third-order valence-electron chi connectivity index (χ3n) is 5.98. The second-order valence-electron chi connectivity index (χ2n) is 7.91. The zero-order chi connectivity index (χ0) is 21.1. The van der Waals surface area contributed by atoms with E-state index in [2.05, 4.69) is 29.3 Å². The van der Waals surface area contributed by atoms with Crippen LogP contribution in [0.3, 0.4) is 0 Å². The summed E-state index contributed by atoms with van der Waals surface area (Å²) in [7, 11) is 0. The van der Waals surface area contributed by atoms with Crippen LogP contribution in [0.2, 0.25) is 0 Å². The van der Waals surface area contributed by atoms with E-state index in [-0.39, 0.29) is 5.56 Å². The fourth-order valence-corrected chi connectivity index (χ4v) is 4.39. The van der Waals surface area contributed by atoms with E-state index in [4.69, 9.17) is 4.74 Å². The third kappa shape index (κ3) is 4.20. The van der Waals surface area contributed by atoms with Crippen LogP contribution in [-0.2, 0) is 0 Å². The fourth-order valence-electron chi connectivity index (χ4n) is 4.39. The van der Waals surface area contributed by atoms with E-state index in [0.717, 1.165) is 38.0 Å². The van der Waals surface area contributed by atoms with E-state index in [9.17, 15) is 15.0 Å². The van der Waals surface area contributed by atoms with Crippen molar-refractivity contribution >= 4 is 16.9 Å². The number of benzene rings is 2. The van der Waals surface area contributed by atoms with Crippen LogP contribution in [0.25, 0.3) is 10.9 Å². The van der Waals surface area contributed by atoms with Gasteiger partial charge in [-0.3, -0.25) is 4.90 Å². The SMILES string of the molecule is CC(O)n1cc(C2CCN(CCOc3ccccc3C(=O)O)CC2)c2ccccc21. The summed E-state index contributed by atoms with van der Waals surface area (Å²) in [6.07, 6.45) is 3.68. The van der Waals surface area contributed by atoms with Crippen molar-refractivity contribution in [3.63, 3.8) is 0 Å². The molecule has 1 unspecified atom stereocenters. The van der Waals surface area contributed by atoms with Gasteiger partial charge in [0.05, 0.1) is 5.52 Å². The van der Waals surface area contributed by atoms with Crippen molar-refractivity contribution in [1.29, 1.82) is 0 Å². The summed E-state index contributed by atoms with van der Waals surface area (Å²) >= 11 is 0. The number of hydrogen-bond acceptors (Lipinski definition) is 4. The Morgan fingerprint density at radius 3 is 2.57 bits per heavy atom. The molecular weight excluding hydrogens is 380 g/mol. The number of carboxylic acid groups (broad SMARTS) is 1. The van der Waals surface area contributed by atoms with Gasteiger partial charge in [-0.1, -0.05) is 30.3 Å². The predicted octanol–water partition coefficient (Wildman–Crippen LogP) is 4.11. The van der Waals surface area contributed by atoms with Crippen LogP contribution < -0.4 is 4.74 Å². The van der Waals surface area contributed by atoms with Crippen LogP contribution in [0.1, 0.15) is 47.8 Å². The number of nitrogens with zero attached hydrogens (tertiary/aromatic N) is 2. The molecule has 1 aliphatic heterocycles. The van der Waals surface area contributed by atoms with Gasteiger partial charge in [0.1, 0.15) is 24.1 Å². The smallest absolute Gasteiger partial charge is 0.339 e. The Kier molecular flexibility index (Phi) is 6.06. The van der Waals surface area contributed by atoms with Gasteiger partial charge in [-0.25, -0.2) is 4.79 Å². The number of aromatic nitrogens is 1. The first-order valence-electron chi connectivity index (χ1n) is 10.5. The lowest BCUT2D eigenvalue weighted by atomic mass is 9.89. The minimum atomic E-state index is -0.970. The largest absolute Gasteiger partial charge is 0.491 e. The van der Waals surface area contributed by atoms with Crippen LogP contribution in [0.4, 0.5) is 0 Å². The summed E-state index contributed by atoms with van der Waals surface area (Å²) in [6.45, 7) is 4.99. The van der Waals surface area contributed by atoms with Crippen molar-refractivity contribution in [3.05, 3.63) is 65.9 Å². The minimum absolute atomic E-state index is 0.200. The molecule has 0 spiro atoms. The molecule has 1 aromatic heterocycles. The fraction of sp³-hybridized carbons (Fsp3) is 0.375. The van der Waals surface area contributed by atoms with Gasteiger partial charge in [0.25, 0.3) is 0 Å².